The number of nitrogens with two attached hydrogens (primary N) is 1. The molecule has 1 aliphatic heterocycles. The number of ether oxygens (including phenoxy) is 1. The van der Waals surface area contributed by atoms with Crippen LogP contribution in [0.1, 0.15) is 26.9 Å². The third kappa shape index (κ3) is 4.74. The molecule has 2 amide bonds. The van der Waals surface area contributed by atoms with Gasteiger partial charge in [0, 0.05) is 23.5 Å². The third-order valence-electron chi connectivity index (χ3n) is 6.97. The van der Waals surface area contributed by atoms with E-state index in [1.807, 2.05) is 0 Å². The van der Waals surface area contributed by atoms with Crippen LogP contribution in [-0.4, -0.2) is 76.5 Å². The highest BCUT2D eigenvalue weighted by molar-refractivity contribution is 6.42. The van der Waals surface area contributed by atoms with Crippen LogP contribution in [0.3, 0.4) is 0 Å². The quantitative estimate of drug-likeness (QED) is 0.148. The predicted molar refractivity (Wildman–Crippen MR) is 152 cm³/mol. The lowest BCUT2D eigenvalue weighted by Gasteiger charge is -2.17. The number of hydrogen-bond donors (Lipinski definition) is 7. The van der Waals surface area contributed by atoms with Crippen molar-refractivity contribution < 1.29 is 29.6 Å². The molecule has 4 atom stereocenters. The first kappa shape index (κ1) is 27.7. The molecule has 216 valence electrons. The maximum atomic E-state index is 13.3. The van der Waals surface area contributed by atoms with Crippen molar-refractivity contribution in [3.8, 4) is 5.88 Å². The van der Waals surface area contributed by atoms with Crippen molar-refractivity contribution in [3.05, 3.63) is 70.4 Å². The Balaban J connectivity index is 1.20. The van der Waals surface area contributed by atoms with Crippen LogP contribution < -0.4 is 16.4 Å². The highest BCUT2D eigenvalue weighted by Crippen LogP contribution is 2.33. The first-order chi connectivity index (χ1) is 20.1. The summed E-state index contributed by atoms with van der Waals surface area (Å²) in [5.74, 6) is -1.29. The second-order valence-electron chi connectivity index (χ2n) is 9.51. The minimum atomic E-state index is -1.39. The molecule has 4 heterocycles. The highest BCUT2D eigenvalue weighted by atomic mass is 35.5. The van der Waals surface area contributed by atoms with E-state index in [-0.39, 0.29) is 39.4 Å². The molecule has 0 bridgehead atoms. The molecule has 5 aromatic rings. The number of carbonyl (C=O) groups is 2. The minimum absolute atomic E-state index is 0.0388. The molecule has 14 nitrogen and oxygen atoms in total. The standard InChI is InChI=1S/C26H22Cl2N8O6/c27-14-4-11(12(5-15(14)28)25(41)35-16-3-1-2-10-13(16)6-30-23(10)39)24(40)31-7-17-19(37)20(38)26(42-17)36-9-34-18-21(29)32-8-33-22(18)36/h1-6,8-9,17,19-20,26,30,37-39H,7H2,(H,31,40)(H,35,41)(H2,29,32,33)/t17?,19-,20-,26-/m1/s1. The zero-order valence-corrected chi connectivity index (χ0v) is 22.8. The van der Waals surface area contributed by atoms with Gasteiger partial charge in [0.2, 0.25) is 0 Å². The van der Waals surface area contributed by atoms with E-state index in [1.165, 1.54) is 35.6 Å². The molecule has 16 heteroatoms. The number of aromatic amines is 1. The van der Waals surface area contributed by atoms with Crippen LogP contribution in [0.25, 0.3) is 21.9 Å². The summed E-state index contributed by atoms with van der Waals surface area (Å²) in [5.41, 5.74) is 6.63. The zero-order valence-electron chi connectivity index (χ0n) is 21.3. The number of aliphatic hydroxyl groups is 2. The van der Waals surface area contributed by atoms with Gasteiger partial charge in [0.15, 0.2) is 23.6 Å². The van der Waals surface area contributed by atoms with E-state index < -0.39 is 36.4 Å². The number of hydrogen-bond acceptors (Lipinski definition) is 10. The largest absolute Gasteiger partial charge is 0.494 e. The maximum Gasteiger partial charge on any atom is 0.256 e. The van der Waals surface area contributed by atoms with Gasteiger partial charge in [-0.2, -0.15) is 0 Å². The number of nitrogens with zero attached hydrogens (tertiary/aromatic N) is 4. The molecule has 3 aromatic heterocycles. The fourth-order valence-electron chi connectivity index (χ4n) is 4.84. The Bertz CT molecular complexity index is 1860. The highest BCUT2D eigenvalue weighted by Gasteiger charge is 2.44. The van der Waals surface area contributed by atoms with E-state index in [0.29, 0.717) is 27.6 Å². The molecule has 42 heavy (non-hydrogen) atoms. The summed E-state index contributed by atoms with van der Waals surface area (Å²) in [4.78, 5) is 41.4. The molecule has 1 unspecified atom stereocenters. The van der Waals surface area contributed by atoms with E-state index in [2.05, 4.69) is 30.6 Å². The van der Waals surface area contributed by atoms with E-state index in [9.17, 15) is 24.9 Å². The number of nitrogens with one attached hydrogen (secondary N) is 3. The summed E-state index contributed by atoms with van der Waals surface area (Å²) in [7, 11) is 0. The molecule has 6 rings (SSSR count). The Labute approximate surface area is 246 Å². The number of benzene rings is 2. The van der Waals surface area contributed by atoms with E-state index in [4.69, 9.17) is 33.7 Å². The fourth-order valence-corrected chi connectivity index (χ4v) is 5.17. The van der Waals surface area contributed by atoms with E-state index in [0.717, 1.165) is 0 Å². The number of H-pyrrole nitrogens is 1. The van der Waals surface area contributed by atoms with Crippen molar-refractivity contribution in [2.24, 2.45) is 0 Å². The van der Waals surface area contributed by atoms with Crippen molar-refractivity contribution in [1.82, 2.24) is 29.8 Å². The molecule has 0 spiro atoms. The monoisotopic (exact) mass is 612 g/mol. The van der Waals surface area contributed by atoms with Crippen LogP contribution in [0.15, 0.2) is 49.2 Å². The van der Waals surface area contributed by atoms with Gasteiger partial charge in [0.25, 0.3) is 11.8 Å². The number of amides is 2. The second kappa shape index (κ2) is 10.7. The van der Waals surface area contributed by atoms with Gasteiger partial charge in [0.05, 0.1) is 33.2 Å². The van der Waals surface area contributed by atoms with Gasteiger partial charge in [-0.3, -0.25) is 14.2 Å². The van der Waals surface area contributed by atoms with Gasteiger partial charge in [-0.1, -0.05) is 29.3 Å². The first-order valence-corrected chi connectivity index (χ1v) is 13.2. The topological polar surface area (TPSA) is 214 Å². The molecule has 0 aliphatic carbocycles. The predicted octanol–water partition coefficient (Wildman–Crippen LogP) is 2.20. The molecule has 1 saturated heterocycles. The molecule has 8 N–H and O–H groups in total. The van der Waals surface area contributed by atoms with E-state index in [1.54, 1.807) is 18.2 Å². The molecule has 1 aliphatic rings. The Morgan fingerprint density at radius 1 is 1.05 bits per heavy atom. The van der Waals surface area contributed by atoms with Crippen LogP contribution >= 0.6 is 23.2 Å². The number of halogens is 2. The van der Waals surface area contributed by atoms with Crippen molar-refractivity contribution in [1.29, 1.82) is 0 Å². The number of imidazole rings is 1. The van der Waals surface area contributed by atoms with Crippen LogP contribution in [0, 0.1) is 0 Å². The van der Waals surface area contributed by atoms with E-state index >= 15 is 0 Å². The number of nitrogen functional groups attached to an aromatic ring is 1. The van der Waals surface area contributed by atoms with Crippen molar-refractivity contribution in [2.75, 3.05) is 17.6 Å². The number of carbonyl (C=O) groups excluding carboxylic acids is 2. The average molecular weight is 613 g/mol. The van der Waals surface area contributed by atoms with Crippen molar-refractivity contribution >= 4 is 68.5 Å². The minimum Gasteiger partial charge on any atom is -0.494 e. The van der Waals surface area contributed by atoms with Crippen LogP contribution in [0.4, 0.5) is 11.5 Å². The Morgan fingerprint density at radius 3 is 2.55 bits per heavy atom. The molecule has 2 aromatic carbocycles. The van der Waals surface area contributed by atoms with Crippen molar-refractivity contribution in [3.63, 3.8) is 0 Å². The number of aliphatic hydroxyl groups excluding tert-OH is 2. The molecular formula is C26H22Cl2N8O6. The number of fused-ring (bicyclic) bond motifs is 2. The third-order valence-corrected chi connectivity index (χ3v) is 7.70. The Hall–Kier alpha value is -4.47. The molecule has 0 saturated carbocycles. The maximum absolute atomic E-state index is 13.3. The smallest absolute Gasteiger partial charge is 0.256 e. The normalized spacial score (nSPS) is 20.3. The SMILES string of the molecule is Nc1ncnc2c1ncn2[C@@H]1OC(CNC(=O)c2cc(Cl)c(Cl)cc2C(=O)Nc2cccc3c(O)[nH]cc23)[C@@H](O)[C@H]1O. The Morgan fingerprint density at radius 2 is 1.79 bits per heavy atom. The number of aromatic hydroxyl groups is 1. The zero-order chi connectivity index (χ0) is 29.7. The summed E-state index contributed by atoms with van der Waals surface area (Å²) in [6.07, 6.45) is -0.769. The van der Waals surface area contributed by atoms with Crippen molar-refractivity contribution in [2.45, 2.75) is 24.5 Å². The van der Waals surface area contributed by atoms with Gasteiger partial charge in [-0.15, -0.1) is 0 Å². The number of rotatable bonds is 6. The lowest BCUT2D eigenvalue weighted by atomic mass is 10.0. The second-order valence-corrected chi connectivity index (χ2v) is 10.3. The van der Waals surface area contributed by atoms with Gasteiger partial charge in [-0.25, -0.2) is 15.0 Å². The molecular weight excluding hydrogens is 591 g/mol. The summed E-state index contributed by atoms with van der Waals surface area (Å²) in [6, 6.07) is 7.48. The molecule has 1 fully saturated rings. The van der Waals surface area contributed by atoms with Gasteiger partial charge >= 0.3 is 0 Å². The van der Waals surface area contributed by atoms with Gasteiger partial charge in [-0.05, 0) is 24.3 Å². The average Bonchev–Trinajstić information content (AvgIpc) is 3.65. The summed E-state index contributed by atoms with van der Waals surface area (Å²) < 4.78 is 7.28. The van der Waals surface area contributed by atoms with Gasteiger partial charge < -0.3 is 41.4 Å². The number of aromatic nitrogens is 5. The fraction of sp³-hybridized carbons (Fsp3) is 0.192. The van der Waals surface area contributed by atoms with Crippen LogP contribution in [0.5, 0.6) is 5.88 Å². The summed E-state index contributed by atoms with van der Waals surface area (Å²) in [5, 5.41) is 37.8. The lowest BCUT2D eigenvalue weighted by Crippen LogP contribution is -2.40. The summed E-state index contributed by atoms with van der Waals surface area (Å²) in [6.45, 7) is -0.236. The molecule has 0 radical (unpaired) electrons. The van der Waals surface area contributed by atoms with Crippen LogP contribution in [0.2, 0.25) is 10.0 Å². The first-order valence-electron chi connectivity index (χ1n) is 12.5. The lowest BCUT2D eigenvalue weighted by molar-refractivity contribution is -0.0337. The summed E-state index contributed by atoms with van der Waals surface area (Å²) >= 11 is 12.4. The van der Waals surface area contributed by atoms with Crippen LogP contribution in [-0.2, 0) is 4.74 Å². The van der Waals surface area contributed by atoms with Gasteiger partial charge in [0.1, 0.15) is 30.2 Å². The Kier molecular flexibility index (Phi) is 7.08. The number of anilines is 2.